The number of aliphatic hydroxyl groups excluding tert-OH is 1. The first kappa shape index (κ1) is 22.0. The average Bonchev–Trinajstić information content (AvgIpc) is 2.79. The van der Waals surface area contributed by atoms with E-state index >= 15 is 0 Å². The number of hydrogen-bond acceptors (Lipinski definition) is 2. The third-order valence-electron chi connectivity index (χ3n) is 6.27. The minimum Gasteiger partial charge on any atom is -0.506 e. The molecule has 0 saturated heterocycles. The molecule has 3 aromatic rings. The van der Waals surface area contributed by atoms with Gasteiger partial charge in [0.25, 0.3) is 0 Å². The molecule has 2 atom stereocenters. The van der Waals surface area contributed by atoms with E-state index in [4.69, 9.17) is 0 Å². The number of aliphatic hydroxyl groups is 1. The molecule has 0 aromatic heterocycles. The van der Waals surface area contributed by atoms with Crippen LogP contribution in [0.2, 0.25) is 0 Å². The Kier molecular flexibility index (Phi) is 6.23. The van der Waals surface area contributed by atoms with Crippen LogP contribution >= 0.6 is 0 Å². The van der Waals surface area contributed by atoms with Crippen molar-refractivity contribution in [3.8, 4) is 11.1 Å². The molecule has 0 aliphatic carbocycles. The number of allylic oxidation sites excluding steroid dienone is 1. The van der Waals surface area contributed by atoms with Crippen LogP contribution < -0.4 is 4.90 Å². The lowest BCUT2D eigenvalue weighted by Crippen LogP contribution is -2.37. The molecule has 0 bridgehead atoms. The van der Waals surface area contributed by atoms with E-state index < -0.39 is 0 Å². The average molecular weight is 424 g/mol. The zero-order chi connectivity index (χ0) is 22.7. The molecule has 0 radical (unpaired) electrons. The van der Waals surface area contributed by atoms with E-state index in [9.17, 15) is 5.11 Å². The van der Waals surface area contributed by atoms with Crippen molar-refractivity contribution >= 4 is 5.69 Å². The maximum absolute atomic E-state index is 10.3. The van der Waals surface area contributed by atoms with E-state index in [1.165, 1.54) is 22.3 Å². The van der Waals surface area contributed by atoms with Crippen molar-refractivity contribution in [2.75, 3.05) is 4.90 Å². The fourth-order valence-electron chi connectivity index (χ4n) is 4.38. The Labute approximate surface area is 192 Å². The fraction of sp³-hybridized carbons (Fsp3) is 0.267. The van der Waals surface area contributed by atoms with Crippen LogP contribution in [0.3, 0.4) is 0 Å². The van der Waals surface area contributed by atoms with Crippen LogP contribution in [0.15, 0.2) is 103 Å². The van der Waals surface area contributed by atoms with Gasteiger partial charge in [-0.25, -0.2) is 0 Å². The van der Waals surface area contributed by atoms with Gasteiger partial charge in [-0.2, -0.15) is 0 Å². The Balaban J connectivity index is 1.58. The molecule has 1 aliphatic heterocycles. The first-order valence-corrected chi connectivity index (χ1v) is 11.4. The molecule has 1 heterocycles. The molecule has 0 amide bonds. The molecule has 4 rings (SSSR count). The quantitative estimate of drug-likeness (QED) is 0.455. The highest BCUT2D eigenvalue weighted by Crippen LogP contribution is 2.31. The lowest BCUT2D eigenvalue weighted by atomic mass is 9.85. The maximum Gasteiger partial charge on any atom is 0.131 e. The molecular formula is C30H33NO. The van der Waals surface area contributed by atoms with Crippen molar-refractivity contribution in [3.05, 3.63) is 114 Å². The van der Waals surface area contributed by atoms with E-state index in [0.29, 0.717) is 5.92 Å². The lowest BCUT2D eigenvalue weighted by molar-refractivity contribution is 0.415. The minimum absolute atomic E-state index is 0.166. The third kappa shape index (κ3) is 4.96. The smallest absolute Gasteiger partial charge is 0.131 e. The Bertz CT molecular complexity index is 1100. The number of anilines is 1. The number of nitrogens with zero attached hydrogens (tertiary/aromatic N) is 1. The van der Waals surface area contributed by atoms with E-state index in [1.807, 2.05) is 18.3 Å². The summed E-state index contributed by atoms with van der Waals surface area (Å²) < 4.78 is 0. The first-order valence-electron chi connectivity index (χ1n) is 11.4. The van der Waals surface area contributed by atoms with Gasteiger partial charge in [-0.15, -0.1) is 0 Å². The van der Waals surface area contributed by atoms with Crippen molar-refractivity contribution < 1.29 is 5.11 Å². The second-order valence-corrected chi connectivity index (χ2v) is 9.86. The Morgan fingerprint density at radius 3 is 2.25 bits per heavy atom. The molecule has 0 fully saturated rings. The normalized spacial score (nSPS) is 17.2. The standard InChI is InChI=1S/C30H33NO/c1-22(19-23-13-15-26(16-14-23)30(2,3)4)29-18-17-28(32)21-31(29)27-12-8-11-25(20-27)24-9-6-5-7-10-24/h5-18,20-22,29,32H,19H2,1-4H3. The predicted octanol–water partition coefficient (Wildman–Crippen LogP) is 7.67. The van der Waals surface area contributed by atoms with Crippen molar-refractivity contribution in [1.82, 2.24) is 0 Å². The summed E-state index contributed by atoms with van der Waals surface area (Å²) in [6.45, 7) is 9.03. The molecule has 3 aromatic carbocycles. The summed E-state index contributed by atoms with van der Waals surface area (Å²) in [4.78, 5) is 2.20. The van der Waals surface area contributed by atoms with Gasteiger partial charge < -0.3 is 10.0 Å². The largest absolute Gasteiger partial charge is 0.506 e. The van der Waals surface area contributed by atoms with Crippen LogP contribution in [0.25, 0.3) is 11.1 Å². The van der Waals surface area contributed by atoms with Gasteiger partial charge in [0.1, 0.15) is 5.76 Å². The molecule has 2 unspecified atom stereocenters. The van der Waals surface area contributed by atoms with Crippen molar-refractivity contribution in [1.29, 1.82) is 0 Å². The van der Waals surface area contributed by atoms with Gasteiger partial charge in [0.2, 0.25) is 0 Å². The predicted molar refractivity (Wildman–Crippen MR) is 136 cm³/mol. The van der Waals surface area contributed by atoms with Crippen LogP contribution in [-0.2, 0) is 11.8 Å². The number of benzene rings is 3. The van der Waals surface area contributed by atoms with E-state index in [0.717, 1.165) is 12.1 Å². The monoisotopic (exact) mass is 423 g/mol. The molecule has 32 heavy (non-hydrogen) atoms. The summed E-state index contributed by atoms with van der Waals surface area (Å²) in [5, 5.41) is 10.3. The highest BCUT2D eigenvalue weighted by molar-refractivity contribution is 5.69. The zero-order valence-corrected chi connectivity index (χ0v) is 19.5. The summed E-state index contributed by atoms with van der Waals surface area (Å²) in [6, 6.07) is 28.2. The molecule has 2 nitrogen and oxygen atoms in total. The Hall–Kier alpha value is -3.26. The van der Waals surface area contributed by atoms with Crippen LogP contribution in [0.5, 0.6) is 0 Å². The van der Waals surface area contributed by atoms with Crippen molar-refractivity contribution in [3.63, 3.8) is 0 Å². The SMILES string of the molecule is CC(Cc1ccc(C(C)(C)C)cc1)C1C=CC(O)=CN1c1cccc(-c2ccccc2)c1. The molecule has 0 saturated carbocycles. The lowest BCUT2D eigenvalue weighted by Gasteiger charge is -2.35. The molecule has 1 N–H and O–H groups in total. The summed E-state index contributed by atoms with van der Waals surface area (Å²) in [5.74, 6) is 0.657. The van der Waals surface area contributed by atoms with E-state index in [1.54, 1.807) is 0 Å². The second kappa shape index (κ2) is 9.08. The van der Waals surface area contributed by atoms with E-state index in [-0.39, 0.29) is 17.2 Å². The zero-order valence-electron chi connectivity index (χ0n) is 19.5. The van der Waals surface area contributed by atoms with Crippen LogP contribution in [0.4, 0.5) is 5.69 Å². The van der Waals surface area contributed by atoms with Crippen molar-refractivity contribution in [2.24, 2.45) is 5.92 Å². The second-order valence-electron chi connectivity index (χ2n) is 9.86. The van der Waals surface area contributed by atoms with Gasteiger partial charge in [0, 0.05) is 11.9 Å². The van der Waals surface area contributed by atoms with Gasteiger partial charge in [0.05, 0.1) is 6.04 Å². The van der Waals surface area contributed by atoms with Crippen molar-refractivity contribution in [2.45, 2.75) is 45.6 Å². The highest BCUT2D eigenvalue weighted by Gasteiger charge is 2.25. The van der Waals surface area contributed by atoms with Gasteiger partial charge in [-0.05, 0) is 58.2 Å². The van der Waals surface area contributed by atoms with Gasteiger partial charge in [-0.3, -0.25) is 0 Å². The van der Waals surface area contributed by atoms with Crippen LogP contribution in [-0.4, -0.2) is 11.1 Å². The molecule has 1 aliphatic rings. The first-order chi connectivity index (χ1) is 15.3. The Morgan fingerprint density at radius 2 is 1.56 bits per heavy atom. The number of rotatable bonds is 5. The Morgan fingerprint density at radius 1 is 0.875 bits per heavy atom. The molecular weight excluding hydrogens is 390 g/mol. The third-order valence-corrected chi connectivity index (χ3v) is 6.27. The van der Waals surface area contributed by atoms with Crippen LogP contribution in [0.1, 0.15) is 38.8 Å². The highest BCUT2D eigenvalue weighted by atomic mass is 16.3. The fourth-order valence-corrected chi connectivity index (χ4v) is 4.38. The van der Waals surface area contributed by atoms with Gasteiger partial charge in [-0.1, -0.05) is 101 Å². The van der Waals surface area contributed by atoms with Gasteiger partial charge >= 0.3 is 0 Å². The molecule has 0 spiro atoms. The summed E-state index contributed by atoms with van der Waals surface area (Å²) in [6.07, 6.45) is 6.77. The molecule has 2 heteroatoms. The summed E-state index contributed by atoms with van der Waals surface area (Å²) >= 11 is 0. The maximum atomic E-state index is 10.3. The minimum atomic E-state index is 0.166. The van der Waals surface area contributed by atoms with Crippen LogP contribution in [0, 0.1) is 5.92 Å². The topological polar surface area (TPSA) is 23.5 Å². The summed E-state index contributed by atoms with van der Waals surface area (Å²) in [7, 11) is 0. The van der Waals surface area contributed by atoms with Gasteiger partial charge in [0.15, 0.2) is 0 Å². The number of hydrogen-bond donors (Lipinski definition) is 1. The van der Waals surface area contributed by atoms with E-state index in [2.05, 4.69) is 111 Å². The summed E-state index contributed by atoms with van der Waals surface area (Å²) in [5.41, 5.74) is 6.32. The molecule has 164 valence electrons.